The van der Waals surface area contributed by atoms with E-state index in [1.54, 1.807) is 18.2 Å². The molecular formula is C16H15N3O2. The molecule has 0 saturated heterocycles. The number of nitrogens with zero attached hydrogens (tertiary/aromatic N) is 2. The van der Waals surface area contributed by atoms with Crippen LogP contribution in [0, 0.1) is 0 Å². The zero-order valence-corrected chi connectivity index (χ0v) is 11.3. The molecule has 3 N–H and O–H groups in total. The van der Waals surface area contributed by atoms with E-state index in [9.17, 15) is 5.11 Å². The summed E-state index contributed by atoms with van der Waals surface area (Å²) in [6.07, 6.45) is 0.461. The van der Waals surface area contributed by atoms with E-state index >= 15 is 0 Å². The van der Waals surface area contributed by atoms with E-state index in [4.69, 9.17) is 10.2 Å². The fraction of sp³-hybridized carbons (Fsp3) is 0.125. The van der Waals surface area contributed by atoms with Crippen molar-refractivity contribution in [3.63, 3.8) is 0 Å². The number of rotatable bonds is 4. The van der Waals surface area contributed by atoms with E-state index in [1.807, 2.05) is 36.4 Å². The molecule has 0 spiro atoms. The van der Waals surface area contributed by atoms with Gasteiger partial charge in [-0.15, -0.1) is 10.2 Å². The number of aromatic nitrogens is 2. The van der Waals surface area contributed by atoms with Gasteiger partial charge in [0.2, 0.25) is 11.8 Å². The third-order valence-corrected chi connectivity index (χ3v) is 3.17. The lowest BCUT2D eigenvalue weighted by Gasteiger charge is -2.06. The van der Waals surface area contributed by atoms with Gasteiger partial charge in [-0.1, -0.05) is 42.5 Å². The summed E-state index contributed by atoms with van der Waals surface area (Å²) >= 11 is 0. The second-order valence-corrected chi connectivity index (χ2v) is 4.77. The molecule has 106 valence electrons. The van der Waals surface area contributed by atoms with Crippen molar-refractivity contribution >= 4 is 0 Å². The smallest absolute Gasteiger partial charge is 0.237 e. The Morgan fingerprint density at radius 1 is 1.05 bits per heavy atom. The van der Waals surface area contributed by atoms with Gasteiger partial charge in [-0.25, -0.2) is 0 Å². The zero-order valence-electron chi connectivity index (χ0n) is 11.3. The van der Waals surface area contributed by atoms with E-state index in [0.717, 1.165) is 11.1 Å². The van der Waals surface area contributed by atoms with Crippen LogP contribution in [0.4, 0.5) is 0 Å². The summed E-state index contributed by atoms with van der Waals surface area (Å²) < 4.78 is 5.61. The summed E-state index contributed by atoms with van der Waals surface area (Å²) in [4.78, 5) is 0. The fourth-order valence-corrected chi connectivity index (χ4v) is 2.11. The van der Waals surface area contributed by atoms with Crippen LogP contribution in [0.3, 0.4) is 0 Å². The van der Waals surface area contributed by atoms with Crippen molar-refractivity contribution in [3.05, 3.63) is 77.5 Å². The number of aromatic hydroxyl groups is 1. The number of nitrogens with two attached hydrogens (primary N) is 1. The van der Waals surface area contributed by atoms with Crippen LogP contribution < -0.4 is 5.73 Å². The van der Waals surface area contributed by atoms with Crippen molar-refractivity contribution in [1.29, 1.82) is 0 Å². The van der Waals surface area contributed by atoms with Crippen molar-refractivity contribution in [2.24, 2.45) is 5.73 Å². The summed E-state index contributed by atoms with van der Waals surface area (Å²) in [5.41, 5.74) is 7.93. The molecule has 1 aromatic heterocycles. The predicted molar refractivity (Wildman–Crippen MR) is 77.7 cm³/mol. The quantitative estimate of drug-likeness (QED) is 0.767. The molecule has 1 heterocycles. The second-order valence-electron chi connectivity index (χ2n) is 4.77. The highest BCUT2D eigenvalue weighted by Crippen LogP contribution is 2.20. The topological polar surface area (TPSA) is 85.2 Å². The van der Waals surface area contributed by atoms with E-state index in [2.05, 4.69) is 10.2 Å². The Hall–Kier alpha value is -2.66. The van der Waals surface area contributed by atoms with Gasteiger partial charge in [-0.2, -0.15) is 0 Å². The molecule has 0 saturated carbocycles. The van der Waals surface area contributed by atoms with Crippen molar-refractivity contribution in [2.45, 2.75) is 12.5 Å². The highest BCUT2D eigenvalue weighted by atomic mass is 16.4. The van der Waals surface area contributed by atoms with Gasteiger partial charge in [0.25, 0.3) is 0 Å². The molecule has 21 heavy (non-hydrogen) atoms. The van der Waals surface area contributed by atoms with Crippen LogP contribution in [-0.2, 0) is 6.42 Å². The second kappa shape index (κ2) is 5.76. The minimum absolute atomic E-state index is 0.216. The number of phenolic OH excluding ortho intramolecular Hbond substituents is 1. The maximum atomic E-state index is 9.45. The van der Waals surface area contributed by atoms with Crippen LogP contribution in [0.5, 0.6) is 5.75 Å². The molecule has 0 aliphatic rings. The number of hydrogen-bond acceptors (Lipinski definition) is 5. The molecule has 3 aromatic rings. The first-order valence-electron chi connectivity index (χ1n) is 6.63. The van der Waals surface area contributed by atoms with Crippen molar-refractivity contribution in [3.8, 4) is 5.75 Å². The monoisotopic (exact) mass is 281 g/mol. The third-order valence-electron chi connectivity index (χ3n) is 3.17. The Morgan fingerprint density at radius 3 is 2.62 bits per heavy atom. The lowest BCUT2D eigenvalue weighted by Crippen LogP contribution is -2.11. The molecular weight excluding hydrogens is 266 g/mol. The molecule has 0 radical (unpaired) electrons. The van der Waals surface area contributed by atoms with Gasteiger partial charge in [0.15, 0.2) is 0 Å². The predicted octanol–water partition coefficient (Wildman–Crippen LogP) is 2.41. The first-order valence-corrected chi connectivity index (χ1v) is 6.63. The highest BCUT2D eigenvalue weighted by molar-refractivity contribution is 5.29. The summed E-state index contributed by atoms with van der Waals surface area (Å²) in [7, 11) is 0. The molecule has 0 amide bonds. The summed E-state index contributed by atoms with van der Waals surface area (Å²) in [6.45, 7) is 0. The van der Waals surface area contributed by atoms with Crippen LogP contribution in [0.15, 0.2) is 59.0 Å². The van der Waals surface area contributed by atoms with Crippen LogP contribution in [0.25, 0.3) is 0 Å². The summed E-state index contributed by atoms with van der Waals surface area (Å²) in [6, 6.07) is 16.1. The van der Waals surface area contributed by atoms with Crippen LogP contribution >= 0.6 is 0 Å². The fourth-order valence-electron chi connectivity index (χ4n) is 2.11. The van der Waals surface area contributed by atoms with E-state index in [1.165, 1.54) is 0 Å². The average molecular weight is 281 g/mol. The lowest BCUT2D eigenvalue weighted by atomic mass is 10.1. The number of hydrogen-bond donors (Lipinski definition) is 2. The standard InChI is InChI=1S/C16H15N3O2/c17-15(12-6-2-1-3-7-12)16-19-18-14(21-16)10-11-5-4-8-13(20)9-11/h1-9,15,20H,10,17H2. The normalized spacial score (nSPS) is 12.2. The lowest BCUT2D eigenvalue weighted by molar-refractivity contribution is 0.441. The maximum absolute atomic E-state index is 9.45. The number of benzene rings is 2. The number of phenols is 1. The van der Waals surface area contributed by atoms with Crippen LogP contribution in [0.2, 0.25) is 0 Å². The Balaban J connectivity index is 1.77. The van der Waals surface area contributed by atoms with Gasteiger partial charge < -0.3 is 15.3 Å². The Labute approximate surface area is 122 Å². The Bertz CT molecular complexity index is 725. The van der Waals surface area contributed by atoms with Gasteiger partial charge in [-0.05, 0) is 23.3 Å². The first-order chi connectivity index (χ1) is 10.2. The Kier molecular flexibility index (Phi) is 3.66. The molecule has 0 aliphatic heterocycles. The molecule has 3 rings (SSSR count). The molecule has 2 aromatic carbocycles. The molecule has 0 aliphatic carbocycles. The largest absolute Gasteiger partial charge is 0.508 e. The van der Waals surface area contributed by atoms with Crippen molar-refractivity contribution in [1.82, 2.24) is 10.2 Å². The minimum Gasteiger partial charge on any atom is -0.508 e. The third kappa shape index (κ3) is 3.09. The minimum atomic E-state index is -0.434. The summed E-state index contributed by atoms with van der Waals surface area (Å²) in [5, 5.41) is 17.5. The molecule has 1 unspecified atom stereocenters. The molecule has 0 bridgehead atoms. The van der Waals surface area contributed by atoms with E-state index in [-0.39, 0.29) is 5.75 Å². The van der Waals surface area contributed by atoms with E-state index < -0.39 is 6.04 Å². The van der Waals surface area contributed by atoms with Crippen molar-refractivity contribution < 1.29 is 9.52 Å². The van der Waals surface area contributed by atoms with Crippen molar-refractivity contribution in [2.75, 3.05) is 0 Å². The van der Waals surface area contributed by atoms with Gasteiger partial charge in [0.1, 0.15) is 11.8 Å². The van der Waals surface area contributed by atoms with Gasteiger partial charge in [0, 0.05) is 0 Å². The zero-order chi connectivity index (χ0) is 14.7. The summed E-state index contributed by atoms with van der Waals surface area (Å²) in [5.74, 6) is 1.08. The van der Waals surface area contributed by atoms with Gasteiger partial charge >= 0.3 is 0 Å². The molecule has 0 fully saturated rings. The first kappa shape index (κ1) is 13.3. The maximum Gasteiger partial charge on any atom is 0.237 e. The molecule has 1 atom stereocenters. The van der Waals surface area contributed by atoms with E-state index in [0.29, 0.717) is 18.2 Å². The average Bonchev–Trinajstić information content (AvgIpc) is 2.96. The van der Waals surface area contributed by atoms with Gasteiger partial charge in [0.05, 0.1) is 6.42 Å². The molecule has 5 heteroatoms. The SMILES string of the molecule is NC(c1ccccc1)c1nnc(Cc2cccc(O)c2)o1. The molecule has 5 nitrogen and oxygen atoms in total. The van der Waals surface area contributed by atoms with Crippen LogP contribution in [-0.4, -0.2) is 15.3 Å². The highest BCUT2D eigenvalue weighted by Gasteiger charge is 2.16. The Morgan fingerprint density at radius 2 is 1.86 bits per heavy atom. The van der Waals surface area contributed by atoms with Crippen LogP contribution in [0.1, 0.15) is 29.0 Å². The van der Waals surface area contributed by atoms with Gasteiger partial charge in [-0.3, -0.25) is 0 Å².